The Morgan fingerprint density at radius 2 is 0.701 bits per heavy atom. The maximum atomic E-state index is 14.3. The first kappa shape index (κ1) is 48.7. The van der Waals surface area contributed by atoms with Gasteiger partial charge in [-0.1, -0.05) is 97.1 Å². The smallest absolute Gasteiger partial charge is 0.308 e. The van der Waals surface area contributed by atoms with E-state index in [9.17, 15) is 47.4 Å². The molecule has 0 atom stereocenters. The number of benzene rings is 9. The fraction of sp³-hybridized carbons (Fsp3) is 0.0312. The van der Waals surface area contributed by atoms with Crippen molar-refractivity contribution in [3.8, 4) is 108 Å². The predicted octanol–water partition coefficient (Wildman–Crippen LogP) is 16.8. The molecule has 0 saturated heterocycles. The van der Waals surface area contributed by atoms with Gasteiger partial charge in [0, 0.05) is 38.6 Å². The standard InChI is InChI=1S/C64H33F6N7/c65-63(66,67)51-17-11-42(12-18-51)53-31-50(62-75-57(44-7-3-1-4-8-44)33-58(76-62)45-9-5-2-6-10-45)32-54(43-13-19-52(20-14-43)64(68,69)70)61(53)77-59-21-15-46(48-25-38(34-71)23-39(26-48)35-72)29-55(59)56-30-47(16-22-60(56)77)49-27-40(36-73)24-41(28-49)37-74/h1-33H. The zero-order chi connectivity index (χ0) is 53.6. The lowest BCUT2D eigenvalue weighted by atomic mass is 9.91. The van der Waals surface area contributed by atoms with Gasteiger partial charge in [0.05, 0.1) is 85.8 Å². The van der Waals surface area contributed by atoms with Gasteiger partial charge in [-0.15, -0.1) is 0 Å². The highest BCUT2D eigenvalue weighted by Crippen LogP contribution is 2.46. The van der Waals surface area contributed by atoms with Gasteiger partial charge in [0.2, 0.25) is 0 Å². The molecule has 11 aromatic rings. The van der Waals surface area contributed by atoms with Crippen molar-refractivity contribution < 1.29 is 26.3 Å². The molecule has 0 bridgehead atoms. The van der Waals surface area contributed by atoms with Crippen molar-refractivity contribution in [3.05, 3.63) is 234 Å². The topological polar surface area (TPSA) is 126 Å². The van der Waals surface area contributed by atoms with Gasteiger partial charge in [-0.25, -0.2) is 9.97 Å². The van der Waals surface area contributed by atoms with Crippen molar-refractivity contribution in [1.82, 2.24) is 14.5 Å². The van der Waals surface area contributed by atoms with Crippen molar-refractivity contribution >= 4 is 21.8 Å². The summed E-state index contributed by atoms with van der Waals surface area (Å²) in [6, 6.07) is 62.7. The van der Waals surface area contributed by atoms with Crippen molar-refractivity contribution in [3.63, 3.8) is 0 Å². The van der Waals surface area contributed by atoms with Crippen LogP contribution in [0.15, 0.2) is 200 Å². The summed E-state index contributed by atoms with van der Waals surface area (Å²) in [6.45, 7) is 0. The molecule has 2 heterocycles. The molecular formula is C64H33F6N7. The largest absolute Gasteiger partial charge is 0.416 e. The SMILES string of the molecule is N#Cc1cc(C#N)cc(-c2ccc3c(c2)c2cc(-c4cc(C#N)cc(C#N)c4)ccc2n3-c2c(-c3ccc(C(F)(F)F)cc3)cc(-c3nc(-c4ccccc4)cc(-c4ccccc4)n3)cc2-c2ccc(C(F)(F)F)cc2)c1. The molecule has 0 aliphatic carbocycles. The molecule has 0 fully saturated rings. The molecule has 0 aliphatic rings. The molecule has 77 heavy (non-hydrogen) atoms. The Kier molecular flexibility index (Phi) is 12.2. The number of nitrogens with zero attached hydrogens (tertiary/aromatic N) is 7. The third-order valence-corrected chi connectivity index (χ3v) is 13.3. The van der Waals surface area contributed by atoms with Crippen LogP contribution in [-0.4, -0.2) is 14.5 Å². The molecule has 9 aromatic carbocycles. The summed E-state index contributed by atoms with van der Waals surface area (Å²) in [5.41, 5.74) is 7.54. The number of fused-ring (bicyclic) bond motifs is 3. The number of hydrogen-bond acceptors (Lipinski definition) is 6. The Hall–Kier alpha value is -10.6. The van der Waals surface area contributed by atoms with E-state index in [-0.39, 0.29) is 28.1 Å². The van der Waals surface area contributed by atoms with Gasteiger partial charge in [-0.2, -0.15) is 47.4 Å². The zero-order valence-corrected chi connectivity index (χ0v) is 40.0. The molecule has 7 nitrogen and oxygen atoms in total. The van der Waals surface area contributed by atoms with Crippen LogP contribution in [0.3, 0.4) is 0 Å². The van der Waals surface area contributed by atoms with E-state index in [1.807, 2.05) is 108 Å². The van der Waals surface area contributed by atoms with Crippen LogP contribution < -0.4 is 0 Å². The van der Waals surface area contributed by atoms with E-state index >= 15 is 0 Å². The first-order chi connectivity index (χ1) is 37.2. The van der Waals surface area contributed by atoms with E-state index in [1.165, 1.54) is 36.4 Å². The van der Waals surface area contributed by atoms with Crippen LogP contribution in [-0.2, 0) is 12.4 Å². The van der Waals surface area contributed by atoms with Crippen molar-refractivity contribution in [2.45, 2.75) is 12.4 Å². The molecular weight excluding hydrogens is 981 g/mol. The van der Waals surface area contributed by atoms with Crippen molar-refractivity contribution in [2.24, 2.45) is 0 Å². The van der Waals surface area contributed by atoms with Gasteiger partial charge in [-0.05, 0) is 137 Å². The lowest BCUT2D eigenvalue weighted by molar-refractivity contribution is -0.138. The lowest BCUT2D eigenvalue weighted by Crippen LogP contribution is -2.06. The summed E-state index contributed by atoms with van der Waals surface area (Å²) in [6.07, 6.45) is -9.37. The van der Waals surface area contributed by atoms with E-state index in [4.69, 9.17) is 9.97 Å². The van der Waals surface area contributed by atoms with Gasteiger partial charge in [-0.3, -0.25) is 0 Å². The summed E-state index contributed by atoms with van der Waals surface area (Å²) < 4.78 is 87.9. The molecule has 366 valence electrons. The van der Waals surface area contributed by atoms with Crippen molar-refractivity contribution in [2.75, 3.05) is 0 Å². The summed E-state index contributed by atoms with van der Waals surface area (Å²) in [5, 5.41) is 41.0. The van der Waals surface area contributed by atoms with Gasteiger partial charge < -0.3 is 4.57 Å². The van der Waals surface area contributed by atoms with E-state index in [0.29, 0.717) is 89.0 Å². The van der Waals surface area contributed by atoms with Crippen LogP contribution in [0.4, 0.5) is 26.3 Å². The van der Waals surface area contributed by atoms with Crippen molar-refractivity contribution in [1.29, 1.82) is 21.0 Å². The second-order valence-electron chi connectivity index (χ2n) is 18.1. The highest BCUT2D eigenvalue weighted by molar-refractivity contribution is 6.13. The fourth-order valence-corrected chi connectivity index (χ4v) is 9.68. The number of aromatic nitrogens is 3. The highest BCUT2D eigenvalue weighted by atomic mass is 19.4. The summed E-state index contributed by atoms with van der Waals surface area (Å²) in [5.74, 6) is 0.224. The first-order valence-corrected chi connectivity index (χ1v) is 23.7. The molecule has 0 aliphatic heterocycles. The Labute approximate surface area is 436 Å². The molecule has 0 unspecified atom stereocenters. The van der Waals surface area contributed by atoms with Crippen LogP contribution in [0, 0.1) is 45.3 Å². The maximum Gasteiger partial charge on any atom is 0.416 e. The van der Waals surface area contributed by atoms with E-state index in [0.717, 1.165) is 35.4 Å². The van der Waals surface area contributed by atoms with Crippen LogP contribution in [0.2, 0.25) is 0 Å². The lowest BCUT2D eigenvalue weighted by Gasteiger charge is -2.22. The van der Waals surface area contributed by atoms with Gasteiger partial charge in [0.25, 0.3) is 0 Å². The first-order valence-electron chi connectivity index (χ1n) is 23.7. The third-order valence-electron chi connectivity index (χ3n) is 13.3. The van der Waals surface area contributed by atoms with Gasteiger partial charge in [0.1, 0.15) is 0 Å². The van der Waals surface area contributed by atoms with Crippen LogP contribution >= 0.6 is 0 Å². The number of halogens is 6. The maximum absolute atomic E-state index is 14.3. The van der Waals surface area contributed by atoms with E-state index in [1.54, 1.807) is 36.4 Å². The molecule has 0 saturated carbocycles. The monoisotopic (exact) mass is 1010 g/mol. The second kappa shape index (κ2) is 19.3. The molecule has 0 amide bonds. The number of nitriles is 4. The zero-order valence-electron chi connectivity index (χ0n) is 40.0. The Bertz CT molecular complexity index is 3990. The quantitative estimate of drug-likeness (QED) is 0.140. The fourth-order valence-electron chi connectivity index (χ4n) is 9.68. The Morgan fingerprint density at radius 3 is 1.05 bits per heavy atom. The number of alkyl halides is 6. The molecule has 13 heteroatoms. The number of hydrogen-bond donors (Lipinski definition) is 0. The Balaban J connectivity index is 1.28. The minimum Gasteiger partial charge on any atom is -0.308 e. The molecule has 2 aromatic heterocycles. The van der Waals surface area contributed by atoms with Crippen LogP contribution in [0.5, 0.6) is 0 Å². The summed E-state index contributed by atoms with van der Waals surface area (Å²) >= 11 is 0. The third kappa shape index (κ3) is 9.38. The average molecular weight is 1010 g/mol. The molecule has 0 spiro atoms. The number of rotatable bonds is 8. The molecule has 0 N–H and O–H groups in total. The average Bonchev–Trinajstić information content (AvgIpc) is 3.80. The Morgan fingerprint density at radius 1 is 0.338 bits per heavy atom. The van der Waals surface area contributed by atoms with Crippen LogP contribution in [0.25, 0.3) is 106 Å². The van der Waals surface area contributed by atoms with Crippen LogP contribution in [0.1, 0.15) is 33.4 Å². The minimum absolute atomic E-state index is 0.224. The van der Waals surface area contributed by atoms with E-state index < -0.39 is 23.5 Å². The minimum atomic E-state index is -4.68. The summed E-state index contributed by atoms with van der Waals surface area (Å²) in [7, 11) is 0. The summed E-state index contributed by atoms with van der Waals surface area (Å²) in [4.78, 5) is 10.2. The normalized spacial score (nSPS) is 11.5. The molecule has 11 rings (SSSR count). The second-order valence-corrected chi connectivity index (χ2v) is 18.1. The van der Waals surface area contributed by atoms with Gasteiger partial charge in [0.15, 0.2) is 5.82 Å². The highest BCUT2D eigenvalue weighted by Gasteiger charge is 2.32. The molecule has 0 radical (unpaired) electrons. The predicted molar refractivity (Wildman–Crippen MR) is 283 cm³/mol. The van der Waals surface area contributed by atoms with Gasteiger partial charge >= 0.3 is 12.4 Å². The van der Waals surface area contributed by atoms with E-state index in [2.05, 4.69) is 24.3 Å².